The molecule has 1 aromatic rings. The number of aliphatic hydroxyl groups excluding tert-OH is 1. The van der Waals surface area contributed by atoms with Gasteiger partial charge in [0.25, 0.3) is 5.91 Å². The van der Waals surface area contributed by atoms with E-state index in [4.69, 9.17) is 5.11 Å². The molecule has 1 aliphatic heterocycles. The number of halogens is 1. The second-order valence-electron chi connectivity index (χ2n) is 5.66. The van der Waals surface area contributed by atoms with Crippen LogP contribution in [0.2, 0.25) is 0 Å². The van der Waals surface area contributed by atoms with Crippen LogP contribution >= 0.6 is 15.9 Å². The molecule has 1 atom stereocenters. The number of aliphatic hydroxyl groups is 1. The van der Waals surface area contributed by atoms with E-state index in [0.29, 0.717) is 17.6 Å². The third-order valence-corrected chi connectivity index (χ3v) is 6.37. The SMILES string of the molecule is C[C@@H](CO)NC(=O)c1cc(S(=O)(=O)N2CCCCC2)ccc1Br. The fourth-order valence-corrected chi connectivity index (χ4v) is 4.41. The summed E-state index contributed by atoms with van der Waals surface area (Å²) in [4.78, 5) is 12.3. The van der Waals surface area contributed by atoms with E-state index in [9.17, 15) is 13.2 Å². The van der Waals surface area contributed by atoms with E-state index >= 15 is 0 Å². The summed E-state index contributed by atoms with van der Waals surface area (Å²) in [6, 6.07) is 4.04. The highest BCUT2D eigenvalue weighted by Gasteiger charge is 2.27. The van der Waals surface area contributed by atoms with Crippen LogP contribution in [0, 0.1) is 0 Å². The molecule has 1 amide bonds. The molecule has 8 heteroatoms. The molecule has 0 aromatic heterocycles. The largest absolute Gasteiger partial charge is 0.394 e. The van der Waals surface area contributed by atoms with E-state index in [1.165, 1.54) is 16.4 Å². The Morgan fingerprint density at radius 2 is 2.00 bits per heavy atom. The van der Waals surface area contributed by atoms with Crippen LogP contribution in [0.5, 0.6) is 0 Å². The first-order chi connectivity index (χ1) is 10.9. The molecule has 0 saturated carbocycles. The van der Waals surface area contributed by atoms with Crippen LogP contribution in [0.15, 0.2) is 27.6 Å². The monoisotopic (exact) mass is 404 g/mol. The number of sulfonamides is 1. The van der Waals surface area contributed by atoms with Crippen molar-refractivity contribution in [1.29, 1.82) is 0 Å². The quantitative estimate of drug-likeness (QED) is 0.782. The molecule has 6 nitrogen and oxygen atoms in total. The Morgan fingerprint density at radius 1 is 1.35 bits per heavy atom. The van der Waals surface area contributed by atoms with E-state index < -0.39 is 22.0 Å². The Bertz CT molecular complexity index is 672. The van der Waals surface area contributed by atoms with Gasteiger partial charge in [0.05, 0.1) is 17.1 Å². The number of carbonyl (C=O) groups excluding carboxylic acids is 1. The van der Waals surface area contributed by atoms with Gasteiger partial charge in [-0.2, -0.15) is 4.31 Å². The number of nitrogens with one attached hydrogen (secondary N) is 1. The predicted molar refractivity (Wildman–Crippen MR) is 90.8 cm³/mol. The number of benzene rings is 1. The third kappa shape index (κ3) is 4.32. The first-order valence-corrected chi connectivity index (χ1v) is 9.81. The van der Waals surface area contributed by atoms with Gasteiger partial charge in [0.2, 0.25) is 10.0 Å². The Kier molecular flexibility index (Phi) is 6.19. The lowest BCUT2D eigenvalue weighted by Crippen LogP contribution is -2.36. The second-order valence-corrected chi connectivity index (χ2v) is 8.46. The molecule has 0 aliphatic carbocycles. The van der Waals surface area contributed by atoms with Gasteiger partial charge >= 0.3 is 0 Å². The molecule has 0 unspecified atom stereocenters. The fraction of sp³-hybridized carbons (Fsp3) is 0.533. The van der Waals surface area contributed by atoms with Gasteiger partial charge in [-0.15, -0.1) is 0 Å². The van der Waals surface area contributed by atoms with Crippen molar-refractivity contribution in [2.75, 3.05) is 19.7 Å². The van der Waals surface area contributed by atoms with Gasteiger partial charge in [-0.05, 0) is 53.9 Å². The van der Waals surface area contributed by atoms with E-state index in [-0.39, 0.29) is 17.1 Å². The highest BCUT2D eigenvalue weighted by molar-refractivity contribution is 9.10. The van der Waals surface area contributed by atoms with Crippen LogP contribution in [0.3, 0.4) is 0 Å². The minimum atomic E-state index is -3.59. The topological polar surface area (TPSA) is 86.7 Å². The first-order valence-electron chi connectivity index (χ1n) is 7.57. The first kappa shape index (κ1) is 18.4. The van der Waals surface area contributed by atoms with Crippen molar-refractivity contribution in [3.8, 4) is 0 Å². The van der Waals surface area contributed by atoms with Gasteiger partial charge < -0.3 is 10.4 Å². The van der Waals surface area contributed by atoms with Crippen LogP contribution in [0.25, 0.3) is 0 Å². The van der Waals surface area contributed by atoms with Crippen molar-refractivity contribution >= 4 is 31.9 Å². The third-order valence-electron chi connectivity index (χ3n) is 3.79. The van der Waals surface area contributed by atoms with Crippen LogP contribution in [0.4, 0.5) is 0 Å². The average molecular weight is 405 g/mol. The number of nitrogens with zero attached hydrogens (tertiary/aromatic N) is 1. The van der Waals surface area contributed by atoms with Crippen LogP contribution in [0.1, 0.15) is 36.5 Å². The summed E-state index contributed by atoms with van der Waals surface area (Å²) in [5.74, 6) is -0.422. The van der Waals surface area contributed by atoms with Gasteiger partial charge in [-0.3, -0.25) is 4.79 Å². The minimum absolute atomic E-state index is 0.115. The molecule has 128 valence electrons. The molecular formula is C15H21BrN2O4S. The highest BCUT2D eigenvalue weighted by Crippen LogP contribution is 2.25. The maximum absolute atomic E-state index is 12.7. The van der Waals surface area contributed by atoms with E-state index in [0.717, 1.165) is 19.3 Å². The zero-order chi connectivity index (χ0) is 17.0. The Balaban J connectivity index is 2.30. The summed E-state index contributed by atoms with van der Waals surface area (Å²) in [6.45, 7) is 2.51. The van der Waals surface area contributed by atoms with Crippen LogP contribution < -0.4 is 5.32 Å². The van der Waals surface area contributed by atoms with Crippen molar-refractivity contribution in [2.24, 2.45) is 0 Å². The van der Waals surface area contributed by atoms with Gasteiger partial charge in [0, 0.05) is 23.6 Å². The molecule has 2 rings (SSSR count). The molecule has 0 spiro atoms. The normalized spacial score (nSPS) is 17.7. The summed E-state index contributed by atoms with van der Waals surface area (Å²) in [6.07, 6.45) is 2.76. The summed E-state index contributed by atoms with van der Waals surface area (Å²) in [7, 11) is -3.59. The fourth-order valence-electron chi connectivity index (χ4n) is 2.44. The molecule has 0 radical (unpaired) electrons. The number of piperidine rings is 1. The van der Waals surface area contributed by atoms with Gasteiger partial charge in [0.15, 0.2) is 0 Å². The second kappa shape index (κ2) is 7.74. The number of hydrogen-bond acceptors (Lipinski definition) is 4. The van der Waals surface area contributed by atoms with Crippen LogP contribution in [-0.2, 0) is 10.0 Å². The van der Waals surface area contributed by atoms with Crippen molar-refractivity contribution in [2.45, 2.75) is 37.1 Å². The maximum atomic E-state index is 12.7. The lowest BCUT2D eigenvalue weighted by atomic mass is 10.2. The lowest BCUT2D eigenvalue weighted by molar-refractivity contribution is 0.0921. The molecule has 1 aliphatic rings. The van der Waals surface area contributed by atoms with Crippen molar-refractivity contribution < 1.29 is 18.3 Å². The molecule has 1 heterocycles. The number of hydrogen-bond donors (Lipinski definition) is 2. The van der Waals surface area contributed by atoms with Crippen molar-refractivity contribution in [3.05, 3.63) is 28.2 Å². The average Bonchev–Trinajstić information content (AvgIpc) is 2.55. The summed E-state index contributed by atoms with van der Waals surface area (Å²) in [5, 5.41) is 11.6. The Hall–Kier alpha value is -0.960. The van der Waals surface area contributed by atoms with Crippen molar-refractivity contribution in [3.63, 3.8) is 0 Å². The standard InChI is InChI=1S/C15H21BrN2O4S/c1-11(10-19)17-15(20)13-9-12(5-6-14(13)16)23(21,22)18-7-3-2-4-8-18/h5-6,9,11,19H,2-4,7-8,10H2,1H3,(H,17,20)/t11-/m0/s1. The molecule has 1 fully saturated rings. The smallest absolute Gasteiger partial charge is 0.252 e. The summed E-state index contributed by atoms with van der Waals surface area (Å²) < 4.78 is 27.4. The van der Waals surface area contributed by atoms with E-state index in [1.807, 2.05) is 0 Å². The van der Waals surface area contributed by atoms with Crippen molar-refractivity contribution in [1.82, 2.24) is 9.62 Å². The molecule has 0 bridgehead atoms. The molecule has 1 aromatic carbocycles. The molecular weight excluding hydrogens is 384 g/mol. The maximum Gasteiger partial charge on any atom is 0.252 e. The van der Waals surface area contributed by atoms with Gasteiger partial charge in [-0.1, -0.05) is 6.42 Å². The van der Waals surface area contributed by atoms with Gasteiger partial charge in [0.1, 0.15) is 0 Å². The van der Waals surface area contributed by atoms with E-state index in [1.54, 1.807) is 13.0 Å². The molecule has 1 saturated heterocycles. The number of amides is 1. The van der Waals surface area contributed by atoms with E-state index in [2.05, 4.69) is 21.2 Å². The highest BCUT2D eigenvalue weighted by atomic mass is 79.9. The van der Waals surface area contributed by atoms with Gasteiger partial charge in [-0.25, -0.2) is 8.42 Å². The number of carbonyl (C=O) groups is 1. The lowest BCUT2D eigenvalue weighted by Gasteiger charge is -2.26. The zero-order valence-corrected chi connectivity index (χ0v) is 15.4. The minimum Gasteiger partial charge on any atom is -0.394 e. The Morgan fingerprint density at radius 3 is 2.61 bits per heavy atom. The molecule has 2 N–H and O–H groups in total. The zero-order valence-electron chi connectivity index (χ0n) is 13.0. The molecule has 23 heavy (non-hydrogen) atoms. The predicted octanol–water partition coefficient (Wildman–Crippen LogP) is 1.73. The summed E-state index contributed by atoms with van der Waals surface area (Å²) >= 11 is 3.27. The van der Waals surface area contributed by atoms with Crippen LogP contribution in [-0.4, -0.2) is 49.5 Å². The summed E-state index contributed by atoms with van der Waals surface area (Å²) in [5.41, 5.74) is 0.239. The number of rotatable bonds is 5. The Labute approximate surface area is 145 Å².